The maximum atomic E-state index is 12.3. The summed E-state index contributed by atoms with van der Waals surface area (Å²) in [6.07, 6.45) is -4.34. The second-order valence-corrected chi connectivity index (χ2v) is 3.84. The Morgan fingerprint density at radius 2 is 1.56 bits per heavy atom. The van der Waals surface area contributed by atoms with E-state index in [0.717, 1.165) is 12.1 Å². The molecule has 0 heterocycles. The predicted octanol–water partition coefficient (Wildman–Crippen LogP) is 2.95. The Bertz CT molecular complexity index is 480. The molecule has 0 aromatic heterocycles. The molecule has 0 bridgehead atoms. The van der Waals surface area contributed by atoms with E-state index in [1.165, 1.54) is 12.1 Å². The van der Waals surface area contributed by atoms with Gasteiger partial charge in [0.15, 0.2) is 0 Å². The fourth-order valence-corrected chi connectivity index (χ4v) is 1.26. The van der Waals surface area contributed by atoms with Gasteiger partial charge in [0.2, 0.25) is 0 Å². The topological polar surface area (TPSA) is 64.4 Å². The SMILES string of the molecule is CC(=Nc1ccc(C(F)(F)F)cc1)C(N)=C(C)N. The van der Waals surface area contributed by atoms with Crippen molar-refractivity contribution in [2.45, 2.75) is 20.0 Å². The molecule has 0 atom stereocenters. The van der Waals surface area contributed by atoms with E-state index in [9.17, 15) is 13.2 Å². The summed E-state index contributed by atoms with van der Waals surface area (Å²) in [6, 6.07) is 4.51. The number of benzene rings is 1. The van der Waals surface area contributed by atoms with Crippen LogP contribution in [0.1, 0.15) is 19.4 Å². The normalized spacial score (nSPS) is 14.4. The van der Waals surface area contributed by atoms with Crippen LogP contribution in [0.2, 0.25) is 0 Å². The third-order valence-electron chi connectivity index (χ3n) is 2.31. The highest BCUT2D eigenvalue weighted by Crippen LogP contribution is 2.30. The molecule has 0 fully saturated rings. The first kappa shape index (κ1) is 14.1. The minimum Gasteiger partial charge on any atom is -0.401 e. The second kappa shape index (κ2) is 5.12. The Hall–Kier alpha value is -1.98. The van der Waals surface area contributed by atoms with Crippen molar-refractivity contribution in [1.29, 1.82) is 0 Å². The van der Waals surface area contributed by atoms with E-state index in [2.05, 4.69) is 4.99 Å². The van der Waals surface area contributed by atoms with Crippen LogP contribution in [0.25, 0.3) is 0 Å². The molecule has 1 aromatic carbocycles. The number of nitrogens with two attached hydrogens (primary N) is 2. The van der Waals surface area contributed by atoms with Gasteiger partial charge in [0.1, 0.15) is 0 Å². The lowest BCUT2D eigenvalue weighted by Gasteiger charge is -2.07. The molecule has 6 heteroatoms. The highest BCUT2D eigenvalue weighted by atomic mass is 19.4. The number of aliphatic imine (C=N–C) groups is 1. The van der Waals surface area contributed by atoms with Crippen molar-refractivity contribution in [2.24, 2.45) is 16.5 Å². The first-order valence-corrected chi connectivity index (χ1v) is 5.16. The molecule has 0 radical (unpaired) electrons. The van der Waals surface area contributed by atoms with Gasteiger partial charge in [-0.05, 0) is 38.1 Å². The Balaban J connectivity index is 3.01. The standard InChI is InChI=1S/C12H14F3N3/c1-7(16)11(17)8(2)18-10-5-3-9(4-6-10)12(13,14)15/h3-6H,16-17H2,1-2H3. The van der Waals surface area contributed by atoms with Crippen LogP contribution in [0, 0.1) is 0 Å². The first-order valence-electron chi connectivity index (χ1n) is 5.16. The molecular formula is C12H14F3N3. The maximum Gasteiger partial charge on any atom is 0.416 e. The molecule has 0 aliphatic carbocycles. The molecule has 0 saturated carbocycles. The van der Waals surface area contributed by atoms with Crippen molar-refractivity contribution < 1.29 is 13.2 Å². The lowest BCUT2D eigenvalue weighted by atomic mass is 10.2. The fourth-order valence-electron chi connectivity index (χ4n) is 1.26. The summed E-state index contributed by atoms with van der Waals surface area (Å²) in [7, 11) is 0. The summed E-state index contributed by atoms with van der Waals surface area (Å²) in [5.74, 6) is 0. The molecule has 0 saturated heterocycles. The number of hydrogen-bond donors (Lipinski definition) is 2. The zero-order chi connectivity index (χ0) is 13.9. The fraction of sp³-hybridized carbons (Fsp3) is 0.250. The summed E-state index contributed by atoms with van der Waals surface area (Å²) in [6.45, 7) is 3.27. The molecule has 4 N–H and O–H groups in total. The van der Waals surface area contributed by atoms with Gasteiger partial charge in [0, 0.05) is 5.70 Å². The Labute approximate surface area is 103 Å². The molecule has 18 heavy (non-hydrogen) atoms. The molecule has 0 unspecified atom stereocenters. The van der Waals surface area contributed by atoms with Crippen molar-refractivity contribution in [3.63, 3.8) is 0 Å². The van der Waals surface area contributed by atoms with Crippen molar-refractivity contribution in [3.05, 3.63) is 41.2 Å². The molecule has 98 valence electrons. The van der Waals surface area contributed by atoms with Gasteiger partial charge in [-0.1, -0.05) is 0 Å². The van der Waals surface area contributed by atoms with Crippen LogP contribution in [-0.4, -0.2) is 5.71 Å². The highest BCUT2D eigenvalue weighted by molar-refractivity contribution is 5.99. The molecule has 1 aromatic rings. The van der Waals surface area contributed by atoms with Gasteiger partial charge >= 0.3 is 6.18 Å². The quantitative estimate of drug-likeness (QED) is 0.800. The number of nitrogens with zero attached hydrogens (tertiary/aromatic N) is 1. The van der Waals surface area contributed by atoms with E-state index in [4.69, 9.17) is 11.5 Å². The summed E-state index contributed by atoms with van der Waals surface area (Å²) in [5, 5.41) is 0. The van der Waals surface area contributed by atoms with E-state index in [1.807, 2.05) is 0 Å². The van der Waals surface area contributed by atoms with Crippen LogP contribution < -0.4 is 11.5 Å². The Morgan fingerprint density at radius 3 is 1.94 bits per heavy atom. The molecule has 0 amide bonds. The van der Waals surface area contributed by atoms with E-state index >= 15 is 0 Å². The van der Waals surface area contributed by atoms with E-state index in [-0.39, 0.29) is 0 Å². The summed E-state index contributed by atoms with van der Waals surface area (Å²) < 4.78 is 37.0. The number of hydrogen-bond acceptors (Lipinski definition) is 3. The van der Waals surface area contributed by atoms with Gasteiger partial charge in [-0.25, -0.2) is 0 Å². The smallest absolute Gasteiger partial charge is 0.401 e. The van der Waals surface area contributed by atoms with Crippen LogP contribution in [-0.2, 0) is 6.18 Å². The summed E-state index contributed by atoms with van der Waals surface area (Å²) >= 11 is 0. The Morgan fingerprint density at radius 1 is 1.06 bits per heavy atom. The molecule has 3 nitrogen and oxygen atoms in total. The second-order valence-electron chi connectivity index (χ2n) is 3.84. The van der Waals surface area contributed by atoms with Crippen molar-refractivity contribution >= 4 is 11.4 Å². The van der Waals surface area contributed by atoms with Gasteiger partial charge in [0.25, 0.3) is 0 Å². The van der Waals surface area contributed by atoms with E-state index in [1.54, 1.807) is 13.8 Å². The van der Waals surface area contributed by atoms with Gasteiger partial charge < -0.3 is 11.5 Å². The van der Waals surface area contributed by atoms with Crippen LogP contribution in [0.15, 0.2) is 40.7 Å². The van der Waals surface area contributed by atoms with Gasteiger partial charge in [-0.3, -0.25) is 4.99 Å². The maximum absolute atomic E-state index is 12.3. The lowest BCUT2D eigenvalue weighted by Crippen LogP contribution is -2.14. The average molecular weight is 257 g/mol. The van der Waals surface area contributed by atoms with Gasteiger partial charge in [0.05, 0.1) is 22.7 Å². The van der Waals surface area contributed by atoms with Crippen LogP contribution >= 0.6 is 0 Å². The largest absolute Gasteiger partial charge is 0.416 e. The van der Waals surface area contributed by atoms with Crippen LogP contribution in [0.4, 0.5) is 18.9 Å². The predicted molar refractivity (Wildman–Crippen MR) is 65.3 cm³/mol. The third-order valence-corrected chi connectivity index (χ3v) is 2.31. The molecular weight excluding hydrogens is 243 g/mol. The Kier molecular flexibility index (Phi) is 4.00. The number of rotatable bonds is 2. The molecule has 0 aliphatic heterocycles. The van der Waals surface area contributed by atoms with Crippen LogP contribution in [0.3, 0.4) is 0 Å². The summed E-state index contributed by atoms with van der Waals surface area (Å²) in [4.78, 5) is 4.09. The zero-order valence-electron chi connectivity index (χ0n) is 10.0. The minimum absolute atomic E-state index is 0.329. The number of alkyl halides is 3. The zero-order valence-corrected chi connectivity index (χ0v) is 10.0. The molecule has 0 aliphatic rings. The minimum atomic E-state index is -4.34. The third kappa shape index (κ3) is 3.51. The van der Waals surface area contributed by atoms with Crippen molar-refractivity contribution in [2.75, 3.05) is 0 Å². The highest BCUT2D eigenvalue weighted by Gasteiger charge is 2.29. The molecule has 0 spiro atoms. The van der Waals surface area contributed by atoms with Gasteiger partial charge in [-0.15, -0.1) is 0 Å². The average Bonchev–Trinajstić information content (AvgIpc) is 2.27. The first-order chi connectivity index (χ1) is 8.21. The van der Waals surface area contributed by atoms with Crippen LogP contribution in [0.5, 0.6) is 0 Å². The number of allylic oxidation sites excluding steroid dienone is 2. The van der Waals surface area contributed by atoms with E-state index in [0.29, 0.717) is 22.8 Å². The molecule has 1 rings (SSSR count). The van der Waals surface area contributed by atoms with Crippen molar-refractivity contribution in [1.82, 2.24) is 0 Å². The monoisotopic (exact) mass is 257 g/mol. The van der Waals surface area contributed by atoms with Crippen molar-refractivity contribution in [3.8, 4) is 0 Å². The van der Waals surface area contributed by atoms with E-state index < -0.39 is 11.7 Å². The number of halogens is 3. The lowest BCUT2D eigenvalue weighted by molar-refractivity contribution is -0.137. The van der Waals surface area contributed by atoms with Gasteiger partial charge in [-0.2, -0.15) is 13.2 Å². The summed E-state index contributed by atoms with van der Waals surface area (Å²) in [5.41, 5.74) is 12.0.